The number of carbonyl (C=O) groups is 1. The lowest BCUT2D eigenvalue weighted by Gasteiger charge is -2.26. The minimum atomic E-state index is -3.88. The fourth-order valence-corrected chi connectivity index (χ4v) is 4.96. The Balaban J connectivity index is 1.64. The Morgan fingerprint density at radius 2 is 1.75 bits per heavy atom. The number of morpholine rings is 1. The number of halogens is 1. The van der Waals surface area contributed by atoms with Gasteiger partial charge in [0.2, 0.25) is 15.9 Å². The fraction of sp³-hybridized carbons (Fsp3) is 0.435. The molecule has 1 heterocycles. The predicted octanol–water partition coefficient (Wildman–Crippen LogP) is 2.68. The highest BCUT2D eigenvalue weighted by Gasteiger charge is 2.27. The molecule has 0 bridgehead atoms. The second-order valence-electron chi connectivity index (χ2n) is 7.87. The van der Waals surface area contributed by atoms with Crippen LogP contribution in [0, 0.1) is 6.92 Å². The van der Waals surface area contributed by atoms with Crippen LogP contribution in [-0.4, -0.2) is 69.5 Å². The first-order chi connectivity index (χ1) is 15.3. The van der Waals surface area contributed by atoms with Crippen molar-refractivity contribution in [2.45, 2.75) is 24.8 Å². The van der Waals surface area contributed by atoms with Gasteiger partial charge in [-0.3, -0.25) is 9.69 Å². The highest BCUT2D eigenvalue weighted by Crippen LogP contribution is 2.20. The van der Waals surface area contributed by atoms with Crippen LogP contribution >= 0.6 is 11.6 Å². The number of ether oxygens (including phenoxy) is 1. The van der Waals surface area contributed by atoms with Crippen molar-refractivity contribution in [1.29, 1.82) is 0 Å². The second-order valence-corrected chi connectivity index (χ2v) is 10.2. The topological polar surface area (TPSA) is 79.0 Å². The molecule has 3 rings (SSSR count). The minimum absolute atomic E-state index is 0.104. The Hall–Kier alpha value is -1.97. The molecule has 2 aromatic rings. The molecule has 0 atom stereocenters. The van der Waals surface area contributed by atoms with Gasteiger partial charge < -0.3 is 10.1 Å². The number of hydrogen-bond acceptors (Lipinski definition) is 5. The number of hydrogen-bond donors (Lipinski definition) is 1. The molecule has 1 saturated heterocycles. The van der Waals surface area contributed by atoms with Gasteiger partial charge in [-0.2, -0.15) is 4.31 Å². The van der Waals surface area contributed by atoms with Crippen LogP contribution in [0.2, 0.25) is 5.02 Å². The third-order valence-electron chi connectivity index (χ3n) is 5.33. The maximum atomic E-state index is 13.3. The van der Waals surface area contributed by atoms with Gasteiger partial charge in [0.15, 0.2) is 0 Å². The normalized spacial score (nSPS) is 15.1. The Kier molecular flexibility index (Phi) is 9.07. The average Bonchev–Trinajstić information content (AvgIpc) is 2.79. The van der Waals surface area contributed by atoms with Crippen molar-refractivity contribution in [3.63, 3.8) is 0 Å². The molecule has 1 aliphatic heterocycles. The summed E-state index contributed by atoms with van der Waals surface area (Å²) in [6.07, 6.45) is 0.799. The molecule has 1 amide bonds. The van der Waals surface area contributed by atoms with Crippen LogP contribution in [0.15, 0.2) is 53.4 Å². The van der Waals surface area contributed by atoms with Crippen molar-refractivity contribution in [1.82, 2.24) is 14.5 Å². The van der Waals surface area contributed by atoms with Gasteiger partial charge in [-0.1, -0.05) is 41.4 Å². The van der Waals surface area contributed by atoms with E-state index in [0.29, 0.717) is 11.6 Å². The van der Waals surface area contributed by atoms with Crippen LogP contribution in [-0.2, 0) is 26.1 Å². The Bertz CT molecular complexity index is 975. The molecule has 0 aromatic heterocycles. The highest BCUT2D eigenvalue weighted by atomic mass is 35.5. The molecule has 1 N–H and O–H groups in total. The van der Waals surface area contributed by atoms with Gasteiger partial charge >= 0.3 is 0 Å². The first-order valence-electron chi connectivity index (χ1n) is 10.7. The van der Waals surface area contributed by atoms with Crippen LogP contribution in [0.4, 0.5) is 0 Å². The molecule has 174 valence electrons. The zero-order valence-electron chi connectivity index (χ0n) is 18.3. The number of benzene rings is 2. The van der Waals surface area contributed by atoms with Gasteiger partial charge in [0.25, 0.3) is 0 Å². The number of nitrogens with one attached hydrogen (secondary N) is 1. The summed E-state index contributed by atoms with van der Waals surface area (Å²) < 4.78 is 33.1. The first kappa shape index (κ1) is 24.7. The standard InChI is InChI=1S/C23H30ClN3O4S/c1-19-3-5-20(6-4-19)17-27(32(29,30)22-9-7-21(24)8-10-22)18-23(28)25-11-2-12-26-13-15-31-16-14-26/h3-10H,2,11-18H2,1H3,(H,25,28). The lowest BCUT2D eigenvalue weighted by atomic mass is 10.1. The van der Waals surface area contributed by atoms with E-state index in [1.165, 1.54) is 28.6 Å². The van der Waals surface area contributed by atoms with Crippen molar-refractivity contribution in [3.8, 4) is 0 Å². The van der Waals surface area contributed by atoms with Crippen molar-refractivity contribution in [2.75, 3.05) is 45.9 Å². The summed E-state index contributed by atoms with van der Waals surface area (Å²) in [4.78, 5) is 15.0. The van der Waals surface area contributed by atoms with Crippen molar-refractivity contribution in [3.05, 3.63) is 64.7 Å². The molecule has 0 aliphatic carbocycles. The van der Waals surface area contributed by atoms with Gasteiger partial charge in [-0.05, 0) is 49.7 Å². The smallest absolute Gasteiger partial charge is 0.243 e. The monoisotopic (exact) mass is 479 g/mol. The van der Waals surface area contributed by atoms with Gasteiger partial charge in [0.05, 0.1) is 24.7 Å². The lowest BCUT2D eigenvalue weighted by molar-refractivity contribution is -0.121. The molecule has 0 spiro atoms. The number of nitrogens with zero attached hydrogens (tertiary/aromatic N) is 2. The summed E-state index contributed by atoms with van der Waals surface area (Å²) >= 11 is 5.91. The van der Waals surface area contributed by atoms with E-state index in [2.05, 4.69) is 10.2 Å². The van der Waals surface area contributed by atoms with Crippen LogP contribution in [0.1, 0.15) is 17.5 Å². The van der Waals surface area contributed by atoms with Gasteiger partial charge in [0, 0.05) is 31.2 Å². The Labute approximate surface area is 195 Å². The molecule has 1 fully saturated rings. The molecule has 0 saturated carbocycles. The van der Waals surface area contributed by atoms with E-state index in [4.69, 9.17) is 16.3 Å². The summed E-state index contributed by atoms with van der Waals surface area (Å²) in [5.41, 5.74) is 1.90. The van der Waals surface area contributed by atoms with Gasteiger partial charge in [-0.25, -0.2) is 8.42 Å². The van der Waals surface area contributed by atoms with Gasteiger partial charge in [-0.15, -0.1) is 0 Å². The van der Waals surface area contributed by atoms with Crippen molar-refractivity contribution >= 4 is 27.5 Å². The number of sulfonamides is 1. The molecule has 0 radical (unpaired) electrons. The summed E-state index contributed by atoms with van der Waals surface area (Å²) in [6, 6.07) is 13.6. The molecule has 7 nitrogen and oxygen atoms in total. The third-order valence-corrected chi connectivity index (χ3v) is 7.39. The van der Waals surface area contributed by atoms with E-state index in [1.54, 1.807) is 0 Å². The summed E-state index contributed by atoms with van der Waals surface area (Å²) in [7, 11) is -3.88. The van der Waals surface area contributed by atoms with E-state index >= 15 is 0 Å². The van der Waals surface area contributed by atoms with E-state index in [1.807, 2.05) is 31.2 Å². The summed E-state index contributed by atoms with van der Waals surface area (Å²) in [6.45, 7) is 6.47. The zero-order valence-corrected chi connectivity index (χ0v) is 19.9. The first-order valence-corrected chi connectivity index (χ1v) is 12.5. The van der Waals surface area contributed by atoms with Crippen LogP contribution < -0.4 is 5.32 Å². The number of carbonyl (C=O) groups excluding carboxylic acids is 1. The van der Waals surface area contributed by atoms with E-state index in [-0.39, 0.29) is 23.9 Å². The maximum Gasteiger partial charge on any atom is 0.243 e. The van der Waals surface area contributed by atoms with E-state index in [0.717, 1.165) is 50.4 Å². The van der Waals surface area contributed by atoms with Crippen LogP contribution in [0.25, 0.3) is 0 Å². The van der Waals surface area contributed by atoms with Crippen LogP contribution in [0.3, 0.4) is 0 Å². The number of amides is 1. The Morgan fingerprint density at radius 3 is 2.41 bits per heavy atom. The van der Waals surface area contributed by atoms with E-state index < -0.39 is 10.0 Å². The molecule has 9 heteroatoms. The summed E-state index contributed by atoms with van der Waals surface area (Å²) in [5, 5.41) is 3.31. The fourth-order valence-electron chi connectivity index (χ4n) is 3.45. The molecule has 2 aromatic carbocycles. The second kappa shape index (κ2) is 11.8. The molecular weight excluding hydrogens is 450 g/mol. The van der Waals surface area contributed by atoms with Crippen molar-refractivity contribution < 1.29 is 17.9 Å². The average molecular weight is 480 g/mol. The lowest BCUT2D eigenvalue weighted by Crippen LogP contribution is -2.41. The molecular formula is C23H30ClN3O4S. The van der Waals surface area contributed by atoms with E-state index in [9.17, 15) is 13.2 Å². The van der Waals surface area contributed by atoms with Gasteiger partial charge in [0.1, 0.15) is 0 Å². The largest absolute Gasteiger partial charge is 0.379 e. The van der Waals surface area contributed by atoms with Crippen LogP contribution in [0.5, 0.6) is 0 Å². The molecule has 0 unspecified atom stereocenters. The summed E-state index contributed by atoms with van der Waals surface area (Å²) in [5.74, 6) is -0.323. The molecule has 1 aliphatic rings. The minimum Gasteiger partial charge on any atom is -0.379 e. The molecule has 32 heavy (non-hydrogen) atoms. The third kappa shape index (κ3) is 7.28. The zero-order chi connectivity index (χ0) is 23.0. The predicted molar refractivity (Wildman–Crippen MR) is 125 cm³/mol. The maximum absolute atomic E-state index is 13.3. The highest BCUT2D eigenvalue weighted by molar-refractivity contribution is 7.89. The number of aryl methyl sites for hydroxylation is 1. The number of rotatable bonds is 10. The SMILES string of the molecule is Cc1ccc(CN(CC(=O)NCCCN2CCOCC2)S(=O)(=O)c2ccc(Cl)cc2)cc1. The quantitative estimate of drug-likeness (QED) is 0.530. The van der Waals surface area contributed by atoms with Crippen molar-refractivity contribution in [2.24, 2.45) is 0 Å². The Morgan fingerprint density at radius 1 is 1.09 bits per heavy atom.